The zero-order valence-electron chi connectivity index (χ0n) is 12.1. The Morgan fingerprint density at radius 3 is 2.43 bits per heavy atom. The molecule has 4 nitrogen and oxygen atoms in total. The van der Waals surface area contributed by atoms with Crippen molar-refractivity contribution in [1.82, 2.24) is 0 Å². The summed E-state index contributed by atoms with van der Waals surface area (Å²) in [5.74, 6) is 1.56. The molecule has 0 heterocycles. The zero-order valence-corrected chi connectivity index (χ0v) is 12.1. The maximum atomic E-state index is 9.69. The highest BCUT2D eigenvalue weighted by atomic mass is 16.5. The first-order valence-electron chi connectivity index (χ1n) is 6.50. The van der Waals surface area contributed by atoms with E-state index in [1.807, 2.05) is 30.3 Å². The van der Waals surface area contributed by atoms with Crippen molar-refractivity contribution in [3.63, 3.8) is 0 Å². The van der Waals surface area contributed by atoms with Crippen LogP contribution in [0.1, 0.15) is 11.1 Å². The van der Waals surface area contributed by atoms with Gasteiger partial charge < -0.3 is 19.3 Å². The number of ether oxygens (including phenoxy) is 3. The normalized spacial score (nSPS) is 10.6. The summed E-state index contributed by atoms with van der Waals surface area (Å²) in [6.07, 6.45) is 3.29. The van der Waals surface area contributed by atoms with E-state index >= 15 is 0 Å². The van der Waals surface area contributed by atoms with Crippen molar-refractivity contribution >= 4 is 6.08 Å². The first-order chi connectivity index (χ1) is 10.2. The van der Waals surface area contributed by atoms with Crippen LogP contribution in [0.5, 0.6) is 17.2 Å². The maximum Gasteiger partial charge on any atom is 0.124 e. The minimum absolute atomic E-state index is 0.151. The third-order valence-corrected chi connectivity index (χ3v) is 2.87. The maximum absolute atomic E-state index is 9.69. The molecule has 0 spiro atoms. The van der Waals surface area contributed by atoms with Crippen molar-refractivity contribution in [2.24, 2.45) is 0 Å². The van der Waals surface area contributed by atoms with Gasteiger partial charge in [-0.25, -0.2) is 0 Å². The van der Waals surface area contributed by atoms with Gasteiger partial charge in [-0.05, 0) is 41.5 Å². The largest absolute Gasteiger partial charge is 0.508 e. The summed E-state index contributed by atoms with van der Waals surface area (Å²) < 4.78 is 15.7. The summed E-state index contributed by atoms with van der Waals surface area (Å²) in [7, 11) is 3.20. The van der Waals surface area contributed by atoms with Gasteiger partial charge in [-0.3, -0.25) is 0 Å². The molecular formula is C17H18O4. The minimum atomic E-state index is 0.151. The summed E-state index contributed by atoms with van der Waals surface area (Å²) in [6, 6.07) is 12.7. The van der Waals surface area contributed by atoms with Crippen molar-refractivity contribution in [2.45, 2.75) is 6.61 Å². The molecule has 21 heavy (non-hydrogen) atoms. The fraction of sp³-hybridized carbons (Fsp3) is 0.176. The molecule has 0 amide bonds. The number of rotatable bonds is 6. The molecule has 1 N–H and O–H groups in total. The molecule has 0 fully saturated rings. The van der Waals surface area contributed by atoms with Gasteiger partial charge in [0, 0.05) is 6.07 Å². The van der Waals surface area contributed by atoms with Crippen LogP contribution >= 0.6 is 0 Å². The van der Waals surface area contributed by atoms with E-state index in [4.69, 9.17) is 14.2 Å². The predicted molar refractivity (Wildman–Crippen MR) is 81.5 cm³/mol. The molecule has 0 unspecified atom stereocenters. The molecule has 0 saturated heterocycles. The summed E-state index contributed by atoms with van der Waals surface area (Å²) in [5, 5.41) is 9.69. The van der Waals surface area contributed by atoms with Crippen LogP contribution in [0.25, 0.3) is 6.08 Å². The highest BCUT2D eigenvalue weighted by Crippen LogP contribution is 2.24. The number of hydrogen-bond donors (Lipinski definition) is 1. The topological polar surface area (TPSA) is 47.9 Å². The summed E-state index contributed by atoms with van der Waals surface area (Å²) in [5.41, 5.74) is 1.83. The van der Waals surface area contributed by atoms with E-state index in [1.54, 1.807) is 38.7 Å². The molecule has 0 bridgehead atoms. The van der Waals surface area contributed by atoms with Gasteiger partial charge in [0.15, 0.2) is 0 Å². The van der Waals surface area contributed by atoms with Crippen LogP contribution in [0.15, 0.2) is 48.7 Å². The van der Waals surface area contributed by atoms with Crippen LogP contribution in [0, 0.1) is 0 Å². The lowest BCUT2D eigenvalue weighted by Crippen LogP contribution is -1.95. The van der Waals surface area contributed by atoms with Gasteiger partial charge in [0.05, 0.1) is 20.5 Å². The van der Waals surface area contributed by atoms with Crippen LogP contribution in [0.3, 0.4) is 0 Å². The number of phenolic OH excluding ortho intramolecular Hbond substituents is 1. The molecule has 2 aromatic carbocycles. The second-order valence-corrected chi connectivity index (χ2v) is 4.44. The summed E-state index contributed by atoms with van der Waals surface area (Å²) in [6.45, 7) is 0.418. The van der Waals surface area contributed by atoms with Gasteiger partial charge in [0.1, 0.15) is 23.9 Å². The van der Waals surface area contributed by atoms with Gasteiger partial charge in [-0.2, -0.15) is 0 Å². The fourth-order valence-electron chi connectivity index (χ4n) is 1.82. The second-order valence-electron chi connectivity index (χ2n) is 4.44. The second kappa shape index (κ2) is 7.24. The molecule has 2 aromatic rings. The molecule has 110 valence electrons. The zero-order chi connectivity index (χ0) is 15.1. The van der Waals surface area contributed by atoms with Crippen molar-refractivity contribution < 1.29 is 19.3 Å². The molecule has 2 rings (SSSR count). The lowest BCUT2D eigenvalue weighted by molar-refractivity contribution is 0.304. The van der Waals surface area contributed by atoms with Gasteiger partial charge in [0.25, 0.3) is 0 Å². The summed E-state index contributed by atoms with van der Waals surface area (Å²) in [4.78, 5) is 0. The number of hydrogen-bond acceptors (Lipinski definition) is 4. The van der Waals surface area contributed by atoms with Crippen molar-refractivity contribution in [3.05, 3.63) is 59.9 Å². The molecule has 0 aliphatic carbocycles. The highest BCUT2D eigenvalue weighted by Gasteiger charge is 2.01. The molecule has 0 saturated carbocycles. The van der Waals surface area contributed by atoms with Gasteiger partial charge >= 0.3 is 0 Å². The first-order valence-corrected chi connectivity index (χ1v) is 6.50. The predicted octanol–water partition coefficient (Wildman–Crippen LogP) is 3.60. The van der Waals surface area contributed by atoms with E-state index in [-0.39, 0.29) is 5.75 Å². The van der Waals surface area contributed by atoms with Gasteiger partial charge in [-0.15, -0.1) is 0 Å². The molecule has 4 heteroatoms. The average Bonchev–Trinajstić information content (AvgIpc) is 2.51. The number of aromatic hydroxyl groups is 1. The smallest absolute Gasteiger partial charge is 0.124 e. The van der Waals surface area contributed by atoms with Gasteiger partial charge in [0.2, 0.25) is 0 Å². The van der Waals surface area contributed by atoms with Crippen LogP contribution in [0.4, 0.5) is 0 Å². The molecule has 0 aromatic heterocycles. The van der Waals surface area contributed by atoms with E-state index in [0.717, 1.165) is 16.9 Å². The van der Waals surface area contributed by atoms with Crippen LogP contribution in [-0.2, 0) is 11.3 Å². The third-order valence-electron chi connectivity index (χ3n) is 2.87. The first kappa shape index (κ1) is 14.8. The van der Waals surface area contributed by atoms with Crippen molar-refractivity contribution in [1.29, 1.82) is 0 Å². The van der Waals surface area contributed by atoms with E-state index in [1.165, 1.54) is 0 Å². The van der Waals surface area contributed by atoms with Crippen molar-refractivity contribution in [2.75, 3.05) is 14.2 Å². The monoisotopic (exact) mass is 286 g/mol. The molecular weight excluding hydrogens is 268 g/mol. The Bertz CT molecular complexity index is 603. The third kappa shape index (κ3) is 4.45. The van der Waals surface area contributed by atoms with E-state index in [9.17, 15) is 5.11 Å². The standard InChI is InChI=1S/C17H18O4/c1-19-8-7-14-9-15(18)11-17(10-14)21-12-13-3-5-16(20-2)6-4-13/h3-11,18H,12H2,1-2H3/b8-7+. The van der Waals surface area contributed by atoms with Crippen molar-refractivity contribution in [3.8, 4) is 17.2 Å². The quantitative estimate of drug-likeness (QED) is 0.824. The lowest BCUT2D eigenvalue weighted by Gasteiger charge is -2.08. The Morgan fingerprint density at radius 2 is 1.76 bits per heavy atom. The fourth-order valence-corrected chi connectivity index (χ4v) is 1.82. The summed E-state index contributed by atoms with van der Waals surface area (Å²) >= 11 is 0. The highest BCUT2D eigenvalue weighted by molar-refractivity contribution is 5.54. The Kier molecular flexibility index (Phi) is 5.10. The Hall–Kier alpha value is -2.62. The molecule has 0 aliphatic heterocycles. The minimum Gasteiger partial charge on any atom is -0.508 e. The van der Waals surface area contributed by atoms with E-state index in [2.05, 4.69) is 0 Å². The van der Waals surface area contributed by atoms with Crippen LogP contribution in [0.2, 0.25) is 0 Å². The van der Waals surface area contributed by atoms with Crippen LogP contribution in [-0.4, -0.2) is 19.3 Å². The average molecular weight is 286 g/mol. The number of methoxy groups -OCH3 is 2. The molecule has 0 atom stereocenters. The van der Waals surface area contributed by atoms with E-state index in [0.29, 0.717) is 12.4 Å². The Labute approximate surface area is 124 Å². The lowest BCUT2D eigenvalue weighted by atomic mass is 10.2. The Morgan fingerprint density at radius 1 is 1.00 bits per heavy atom. The van der Waals surface area contributed by atoms with Gasteiger partial charge in [-0.1, -0.05) is 12.1 Å². The number of benzene rings is 2. The molecule has 0 radical (unpaired) electrons. The SMILES string of the molecule is CO/C=C/c1cc(O)cc(OCc2ccc(OC)cc2)c1. The van der Waals surface area contributed by atoms with Crippen LogP contribution < -0.4 is 9.47 Å². The Balaban J connectivity index is 2.04. The molecule has 0 aliphatic rings. The van der Waals surface area contributed by atoms with E-state index < -0.39 is 0 Å². The number of phenols is 1.